The van der Waals surface area contributed by atoms with Crippen LogP contribution in [0.25, 0.3) is 22.3 Å². The molecule has 3 rings (SSSR count). The third-order valence-electron chi connectivity index (χ3n) is 3.48. The molecule has 3 aromatic carbocycles. The van der Waals surface area contributed by atoms with Crippen molar-refractivity contribution in [1.82, 2.24) is 0 Å². The highest BCUT2D eigenvalue weighted by Gasteiger charge is 2.13. The van der Waals surface area contributed by atoms with Crippen LogP contribution < -0.4 is 5.73 Å². The van der Waals surface area contributed by atoms with Crippen LogP contribution in [0.3, 0.4) is 0 Å². The van der Waals surface area contributed by atoms with Gasteiger partial charge < -0.3 is 5.73 Å². The first-order valence-electron chi connectivity index (χ1n) is 6.81. The maximum atomic E-state index is 5.93. The highest BCUT2D eigenvalue weighted by molar-refractivity contribution is 7.80. The smallest absolute Gasteiger partial charge is 0.104 e. The molecule has 0 amide bonds. The molecule has 0 saturated carbocycles. The van der Waals surface area contributed by atoms with Crippen molar-refractivity contribution in [2.24, 2.45) is 5.73 Å². The predicted molar refractivity (Wildman–Crippen MR) is 93.2 cm³/mol. The zero-order chi connectivity index (χ0) is 14.7. The number of hydrogen-bond donors (Lipinski definition) is 1. The molecule has 0 aliphatic carbocycles. The predicted octanol–water partition coefficient (Wildman–Crippen LogP) is 4.65. The van der Waals surface area contributed by atoms with E-state index in [-0.39, 0.29) is 0 Å². The highest BCUT2D eigenvalue weighted by Crippen LogP contribution is 2.34. The first-order valence-corrected chi connectivity index (χ1v) is 7.22. The molecule has 0 atom stereocenters. The van der Waals surface area contributed by atoms with Crippen molar-refractivity contribution in [3.05, 3.63) is 84.4 Å². The standard InChI is InChI=1S/C19H15NS/c20-19(21)17-13-7-12-16(14-8-3-1-4-9-14)18(17)15-10-5-2-6-11-15/h1-13H,(H2,20,21). The Hall–Kier alpha value is -2.45. The average Bonchev–Trinajstić information content (AvgIpc) is 2.55. The van der Waals surface area contributed by atoms with Crippen molar-refractivity contribution in [3.8, 4) is 22.3 Å². The van der Waals surface area contributed by atoms with E-state index in [1.165, 1.54) is 0 Å². The molecule has 0 aliphatic heterocycles. The normalized spacial score (nSPS) is 10.3. The Labute approximate surface area is 130 Å². The van der Waals surface area contributed by atoms with Gasteiger partial charge in [0.1, 0.15) is 4.99 Å². The minimum atomic E-state index is 0.423. The second kappa shape index (κ2) is 5.90. The monoisotopic (exact) mass is 289 g/mol. The molecule has 0 fully saturated rings. The first-order chi connectivity index (χ1) is 10.3. The van der Waals surface area contributed by atoms with E-state index < -0.39 is 0 Å². The van der Waals surface area contributed by atoms with Crippen molar-refractivity contribution in [3.63, 3.8) is 0 Å². The van der Waals surface area contributed by atoms with Crippen LogP contribution in [0.4, 0.5) is 0 Å². The second-order valence-electron chi connectivity index (χ2n) is 4.82. The van der Waals surface area contributed by atoms with Gasteiger partial charge in [0.25, 0.3) is 0 Å². The van der Waals surface area contributed by atoms with E-state index in [0.717, 1.165) is 27.8 Å². The Morgan fingerprint density at radius 1 is 0.667 bits per heavy atom. The second-order valence-corrected chi connectivity index (χ2v) is 5.26. The zero-order valence-corrected chi connectivity index (χ0v) is 12.3. The van der Waals surface area contributed by atoms with Gasteiger partial charge in [0, 0.05) is 5.56 Å². The maximum absolute atomic E-state index is 5.93. The molecule has 0 aromatic heterocycles. The third-order valence-corrected chi connectivity index (χ3v) is 3.70. The summed E-state index contributed by atoms with van der Waals surface area (Å²) in [5.41, 5.74) is 11.4. The number of benzene rings is 3. The number of thiocarbonyl (C=S) groups is 1. The van der Waals surface area contributed by atoms with Gasteiger partial charge in [-0.25, -0.2) is 0 Å². The summed E-state index contributed by atoms with van der Waals surface area (Å²) < 4.78 is 0. The minimum absolute atomic E-state index is 0.423. The summed E-state index contributed by atoms with van der Waals surface area (Å²) in [6.45, 7) is 0. The molecule has 2 N–H and O–H groups in total. The Morgan fingerprint density at radius 3 is 1.81 bits per heavy atom. The molecule has 1 nitrogen and oxygen atoms in total. The van der Waals surface area contributed by atoms with E-state index in [0.29, 0.717) is 4.99 Å². The van der Waals surface area contributed by atoms with Crippen LogP contribution in [0.15, 0.2) is 78.9 Å². The quantitative estimate of drug-likeness (QED) is 0.710. The summed E-state index contributed by atoms with van der Waals surface area (Å²) in [4.78, 5) is 0.423. The Bertz CT molecular complexity index is 764. The molecule has 0 spiro atoms. The van der Waals surface area contributed by atoms with Crippen LogP contribution in [0, 0.1) is 0 Å². The largest absolute Gasteiger partial charge is 0.389 e. The van der Waals surface area contributed by atoms with Crippen molar-refractivity contribution >= 4 is 17.2 Å². The average molecular weight is 289 g/mol. The Balaban J connectivity index is 2.31. The summed E-state index contributed by atoms with van der Waals surface area (Å²) in [5.74, 6) is 0. The SMILES string of the molecule is NC(=S)c1cccc(-c2ccccc2)c1-c1ccccc1. The number of rotatable bonds is 3. The fourth-order valence-electron chi connectivity index (χ4n) is 2.53. The van der Waals surface area contributed by atoms with E-state index in [2.05, 4.69) is 30.3 Å². The molecular formula is C19H15NS. The number of nitrogens with two attached hydrogens (primary N) is 1. The molecule has 2 heteroatoms. The maximum Gasteiger partial charge on any atom is 0.104 e. The third kappa shape index (κ3) is 2.71. The van der Waals surface area contributed by atoms with Crippen LogP contribution >= 0.6 is 12.2 Å². The molecule has 102 valence electrons. The van der Waals surface area contributed by atoms with Crippen molar-refractivity contribution in [1.29, 1.82) is 0 Å². The molecule has 3 aromatic rings. The lowest BCUT2D eigenvalue weighted by Crippen LogP contribution is -2.11. The van der Waals surface area contributed by atoms with Crippen LogP contribution in [0.2, 0.25) is 0 Å². The van der Waals surface area contributed by atoms with Gasteiger partial charge in [-0.05, 0) is 22.3 Å². The first kappa shape index (κ1) is 13.5. The van der Waals surface area contributed by atoms with Crippen molar-refractivity contribution in [2.45, 2.75) is 0 Å². The van der Waals surface area contributed by atoms with Crippen LogP contribution in [-0.4, -0.2) is 4.99 Å². The van der Waals surface area contributed by atoms with Crippen LogP contribution in [0.1, 0.15) is 5.56 Å². The van der Waals surface area contributed by atoms with Gasteiger partial charge in [-0.3, -0.25) is 0 Å². The Morgan fingerprint density at radius 2 is 1.24 bits per heavy atom. The number of hydrogen-bond acceptors (Lipinski definition) is 1. The summed E-state index contributed by atoms with van der Waals surface area (Å²) in [6, 6.07) is 26.6. The summed E-state index contributed by atoms with van der Waals surface area (Å²) in [7, 11) is 0. The van der Waals surface area contributed by atoms with Crippen molar-refractivity contribution < 1.29 is 0 Å². The van der Waals surface area contributed by atoms with E-state index in [4.69, 9.17) is 18.0 Å². The van der Waals surface area contributed by atoms with Crippen LogP contribution in [-0.2, 0) is 0 Å². The molecule has 21 heavy (non-hydrogen) atoms. The minimum Gasteiger partial charge on any atom is -0.389 e. The van der Waals surface area contributed by atoms with Gasteiger partial charge in [-0.2, -0.15) is 0 Å². The fraction of sp³-hybridized carbons (Fsp3) is 0. The van der Waals surface area contributed by atoms with Gasteiger partial charge in [-0.15, -0.1) is 0 Å². The van der Waals surface area contributed by atoms with Gasteiger partial charge >= 0.3 is 0 Å². The van der Waals surface area contributed by atoms with E-state index in [1.807, 2.05) is 48.5 Å². The molecular weight excluding hydrogens is 274 g/mol. The summed E-state index contributed by atoms with van der Waals surface area (Å²) in [6.07, 6.45) is 0. The topological polar surface area (TPSA) is 26.0 Å². The highest BCUT2D eigenvalue weighted by atomic mass is 32.1. The Kier molecular flexibility index (Phi) is 3.80. The fourth-order valence-corrected chi connectivity index (χ4v) is 2.70. The van der Waals surface area contributed by atoms with Crippen LogP contribution in [0.5, 0.6) is 0 Å². The lowest BCUT2D eigenvalue weighted by molar-refractivity contribution is 1.55. The molecule has 0 radical (unpaired) electrons. The molecule has 0 aliphatic rings. The zero-order valence-electron chi connectivity index (χ0n) is 11.5. The molecule has 0 bridgehead atoms. The van der Waals surface area contributed by atoms with Crippen molar-refractivity contribution in [2.75, 3.05) is 0 Å². The van der Waals surface area contributed by atoms with E-state index in [9.17, 15) is 0 Å². The lowest BCUT2D eigenvalue weighted by atomic mass is 9.90. The summed E-state index contributed by atoms with van der Waals surface area (Å²) >= 11 is 5.24. The van der Waals surface area contributed by atoms with Gasteiger partial charge in [0.05, 0.1) is 0 Å². The molecule has 0 unspecified atom stereocenters. The van der Waals surface area contributed by atoms with Gasteiger partial charge in [0.2, 0.25) is 0 Å². The van der Waals surface area contributed by atoms with Gasteiger partial charge in [0.15, 0.2) is 0 Å². The summed E-state index contributed by atoms with van der Waals surface area (Å²) in [5, 5.41) is 0. The lowest BCUT2D eigenvalue weighted by Gasteiger charge is -2.15. The molecule has 0 heterocycles. The van der Waals surface area contributed by atoms with Gasteiger partial charge in [-0.1, -0.05) is 91.1 Å². The van der Waals surface area contributed by atoms with E-state index in [1.54, 1.807) is 0 Å². The van der Waals surface area contributed by atoms with E-state index >= 15 is 0 Å². The molecule has 0 saturated heterocycles.